The number of nitrogens with one attached hydrogen (secondary N) is 1. The van der Waals surface area contributed by atoms with Crippen LogP contribution in [-0.2, 0) is 0 Å². The van der Waals surface area contributed by atoms with Crippen LogP contribution in [0.4, 0.5) is 0 Å². The largest absolute Gasteiger partial charge is 0.491 e. The summed E-state index contributed by atoms with van der Waals surface area (Å²) in [5, 5.41) is 0. The summed E-state index contributed by atoms with van der Waals surface area (Å²) in [6.07, 6.45) is 1.34. The normalized spacial score (nSPS) is 9.42. The van der Waals surface area contributed by atoms with Crippen molar-refractivity contribution in [1.29, 1.82) is 0 Å². The van der Waals surface area contributed by atoms with E-state index < -0.39 is 11.5 Å². The van der Waals surface area contributed by atoms with Crippen molar-refractivity contribution in [3.63, 3.8) is 0 Å². The average Bonchev–Trinajstić information content (AvgIpc) is 2.03. The van der Waals surface area contributed by atoms with Gasteiger partial charge in [-0.15, -0.1) is 0 Å². The van der Waals surface area contributed by atoms with Crippen molar-refractivity contribution in [2.45, 2.75) is 0 Å². The molecule has 3 N–H and O–H groups in total. The van der Waals surface area contributed by atoms with Crippen LogP contribution >= 0.6 is 0 Å². The smallest absolute Gasteiger partial charge is 0.291 e. The van der Waals surface area contributed by atoms with Crippen molar-refractivity contribution in [3.8, 4) is 5.75 Å². The molecule has 5 nitrogen and oxygen atoms in total. The molecule has 0 bridgehead atoms. The summed E-state index contributed by atoms with van der Waals surface area (Å²) in [5.74, 6) is -0.733. The molecule has 0 spiro atoms. The van der Waals surface area contributed by atoms with Crippen LogP contribution in [0.25, 0.3) is 0 Å². The van der Waals surface area contributed by atoms with Gasteiger partial charge in [0.15, 0.2) is 5.75 Å². The molecular formula is C7H8N2O3. The van der Waals surface area contributed by atoms with Gasteiger partial charge in [-0.3, -0.25) is 9.59 Å². The molecule has 0 saturated carbocycles. The second-order valence-corrected chi connectivity index (χ2v) is 2.12. The van der Waals surface area contributed by atoms with E-state index in [4.69, 9.17) is 10.5 Å². The molecule has 0 radical (unpaired) electrons. The number of carbonyl (C=O) groups is 1. The zero-order chi connectivity index (χ0) is 9.14. The SMILES string of the molecule is COc1c(C(N)=O)cc[nH]c1=O. The number of H-pyrrole nitrogens is 1. The van der Waals surface area contributed by atoms with E-state index in [0.29, 0.717) is 0 Å². The van der Waals surface area contributed by atoms with Crippen LogP contribution in [0.15, 0.2) is 17.1 Å². The minimum atomic E-state index is -0.682. The quantitative estimate of drug-likeness (QED) is 0.623. The zero-order valence-electron chi connectivity index (χ0n) is 6.46. The zero-order valence-corrected chi connectivity index (χ0v) is 6.46. The topological polar surface area (TPSA) is 85.2 Å². The van der Waals surface area contributed by atoms with E-state index in [2.05, 4.69) is 4.98 Å². The van der Waals surface area contributed by atoms with Gasteiger partial charge in [0, 0.05) is 6.20 Å². The average molecular weight is 168 g/mol. The number of aromatic nitrogens is 1. The Morgan fingerprint density at radius 3 is 2.75 bits per heavy atom. The third-order valence-corrected chi connectivity index (χ3v) is 1.38. The number of aromatic amines is 1. The highest BCUT2D eigenvalue weighted by atomic mass is 16.5. The predicted octanol–water partition coefficient (Wildman–Crippen LogP) is -0.518. The van der Waals surface area contributed by atoms with Crippen molar-refractivity contribution in [1.82, 2.24) is 4.98 Å². The van der Waals surface area contributed by atoms with E-state index in [-0.39, 0.29) is 11.3 Å². The number of nitrogens with two attached hydrogens (primary N) is 1. The van der Waals surface area contributed by atoms with E-state index in [0.717, 1.165) is 0 Å². The molecule has 1 rings (SSSR count). The van der Waals surface area contributed by atoms with Gasteiger partial charge in [0.2, 0.25) is 0 Å². The second-order valence-electron chi connectivity index (χ2n) is 2.12. The third kappa shape index (κ3) is 1.29. The number of pyridine rings is 1. The van der Waals surface area contributed by atoms with Crippen LogP contribution in [0.5, 0.6) is 5.75 Å². The molecule has 12 heavy (non-hydrogen) atoms. The van der Waals surface area contributed by atoms with Gasteiger partial charge in [-0.05, 0) is 6.07 Å². The lowest BCUT2D eigenvalue weighted by Crippen LogP contribution is -2.18. The highest BCUT2D eigenvalue weighted by molar-refractivity contribution is 5.95. The summed E-state index contributed by atoms with van der Waals surface area (Å²) in [6.45, 7) is 0. The van der Waals surface area contributed by atoms with Crippen molar-refractivity contribution in [3.05, 3.63) is 28.2 Å². The Morgan fingerprint density at radius 2 is 2.33 bits per heavy atom. The fraction of sp³-hybridized carbons (Fsp3) is 0.143. The summed E-state index contributed by atoms with van der Waals surface area (Å²) in [7, 11) is 1.30. The van der Waals surface area contributed by atoms with Crippen LogP contribution in [0.3, 0.4) is 0 Å². The fourth-order valence-electron chi connectivity index (χ4n) is 0.861. The lowest BCUT2D eigenvalue weighted by atomic mass is 10.2. The van der Waals surface area contributed by atoms with Gasteiger partial charge in [-0.25, -0.2) is 0 Å². The van der Waals surface area contributed by atoms with Gasteiger partial charge in [-0.2, -0.15) is 0 Å². The highest BCUT2D eigenvalue weighted by Gasteiger charge is 2.10. The molecule has 1 heterocycles. The molecule has 1 aromatic rings. The number of methoxy groups -OCH3 is 1. The molecule has 64 valence electrons. The first-order chi connectivity index (χ1) is 5.66. The third-order valence-electron chi connectivity index (χ3n) is 1.38. The molecule has 0 aliphatic rings. The van der Waals surface area contributed by atoms with Gasteiger partial charge in [-0.1, -0.05) is 0 Å². The first-order valence-electron chi connectivity index (χ1n) is 3.22. The Labute approximate surface area is 68.2 Å². The molecular weight excluding hydrogens is 160 g/mol. The Morgan fingerprint density at radius 1 is 1.67 bits per heavy atom. The lowest BCUT2D eigenvalue weighted by Gasteiger charge is -2.01. The van der Waals surface area contributed by atoms with Gasteiger partial charge in [0.25, 0.3) is 11.5 Å². The number of ether oxygens (including phenoxy) is 1. The molecule has 0 aliphatic heterocycles. The number of rotatable bonds is 2. The maximum atomic E-state index is 11.0. The van der Waals surface area contributed by atoms with Crippen LogP contribution in [0, 0.1) is 0 Å². The van der Waals surface area contributed by atoms with Crippen LogP contribution in [-0.4, -0.2) is 18.0 Å². The summed E-state index contributed by atoms with van der Waals surface area (Å²) in [5.41, 5.74) is 4.61. The summed E-state index contributed by atoms with van der Waals surface area (Å²) in [6, 6.07) is 1.39. The van der Waals surface area contributed by atoms with Crippen LogP contribution in [0.2, 0.25) is 0 Å². The van der Waals surface area contributed by atoms with E-state index in [9.17, 15) is 9.59 Å². The Bertz CT molecular complexity index is 356. The molecule has 0 unspecified atom stereocenters. The molecule has 0 aromatic carbocycles. The Hall–Kier alpha value is -1.78. The van der Waals surface area contributed by atoms with E-state index in [1.165, 1.54) is 19.4 Å². The van der Waals surface area contributed by atoms with E-state index >= 15 is 0 Å². The number of hydrogen-bond acceptors (Lipinski definition) is 3. The summed E-state index contributed by atoms with van der Waals surface area (Å²) < 4.78 is 4.69. The number of carbonyl (C=O) groups excluding carboxylic acids is 1. The number of amides is 1. The summed E-state index contributed by atoms with van der Waals surface area (Å²) >= 11 is 0. The minimum absolute atomic E-state index is 0.0509. The van der Waals surface area contributed by atoms with Crippen molar-refractivity contribution >= 4 is 5.91 Å². The monoisotopic (exact) mass is 168 g/mol. The van der Waals surface area contributed by atoms with Crippen LogP contribution in [0.1, 0.15) is 10.4 Å². The first kappa shape index (κ1) is 8.32. The molecule has 0 fully saturated rings. The maximum absolute atomic E-state index is 11.0. The maximum Gasteiger partial charge on any atom is 0.291 e. The molecule has 1 aromatic heterocycles. The predicted molar refractivity (Wildman–Crippen MR) is 42.1 cm³/mol. The molecule has 0 atom stereocenters. The second kappa shape index (κ2) is 3.08. The molecule has 0 saturated heterocycles. The summed E-state index contributed by atoms with van der Waals surface area (Å²) in [4.78, 5) is 24.1. The van der Waals surface area contributed by atoms with E-state index in [1.807, 2.05) is 0 Å². The van der Waals surface area contributed by atoms with Gasteiger partial charge in [0.1, 0.15) is 0 Å². The lowest BCUT2D eigenvalue weighted by molar-refractivity contribution is 0.0997. The number of hydrogen-bond donors (Lipinski definition) is 2. The molecule has 1 amide bonds. The van der Waals surface area contributed by atoms with Crippen molar-refractivity contribution in [2.75, 3.05) is 7.11 Å². The Kier molecular flexibility index (Phi) is 2.14. The molecule has 5 heteroatoms. The van der Waals surface area contributed by atoms with Gasteiger partial charge < -0.3 is 15.5 Å². The van der Waals surface area contributed by atoms with Crippen LogP contribution < -0.4 is 16.0 Å². The highest BCUT2D eigenvalue weighted by Crippen LogP contribution is 2.08. The van der Waals surface area contributed by atoms with Crippen molar-refractivity contribution < 1.29 is 9.53 Å². The van der Waals surface area contributed by atoms with E-state index in [1.54, 1.807) is 0 Å². The minimum Gasteiger partial charge on any atom is -0.491 e. The number of primary amides is 1. The Balaban J connectivity index is 3.38. The fourth-order valence-corrected chi connectivity index (χ4v) is 0.861. The van der Waals surface area contributed by atoms with Gasteiger partial charge >= 0.3 is 0 Å². The molecule has 0 aliphatic carbocycles. The van der Waals surface area contributed by atoms with Crippen molar-refractivity contribution in [2.24, 2.45) is 5.73 Å². The van der Waals surface area contributed by atoms with Gasteiger partial charge in [0.05, 0.1) is 12.7 Å². The first-order valence-corrected chi connectivity index (χ1v) is 3.22. The standard InChI is InChI=1S/C7H8N2O3/c1-12-5-4(6(8)10)2-3-9-7(5)11/h2-3H,1H3,(H2,8,10)(H,9,11).